The zero-order valence-corrected chi connectivity index (χ0v) is 10.3. The van der Waals surface area contributed by atoms with Gasteiger partial charge in [0.05, 0.1) is 12.1 Å². The summed E-state index contributed by atoms with van der Waals surface area (Å²) in [4.78, 5) is 12.8. The molecule has 0 radical (unpaired) electrons. The van der Waals surface area contributed by atoms with Crippen molar-refractivity contribution in [1.82, 2.24) is 4.90 Å². The summed E-state index contributed by atoms with van der Waals surface area (Å²) in [6, 6.07) is -0.562. The molecule has 1 spiro atoms. The third-order valence-electron chi connectivity index (χ3n) is 4.18. The number of β-amino-alcohol motifs (C(OH)–C–C–N with tert-alkyl or cyclic N) is 1. The number of hydrogen-bond donors (Lipinski definition) is 3. The molecule has 5 heteroatoms. The van der Waals surface area contributed by atoms with E-state index in [9.17, 15) is 15.0 Å². The quantitative estimate of drug-likeness (QED) is 0.616. The number of carbonyl (C=O) groups excluding carboxylic acids is 1. The van der Waals surface area contributed by atoms with Gasteiger partial charge in [-0.15, -0.1) is 0 Å². The lowest BCUT2D eigenvalue weighted by atomic mass is 9.90. The first-order valence-corrected chi connectivity index (χ1v) is 6.30. The molecule has 4 N–H and O–H groups in total. The predicted octanol–water partition coefficient (Wildman–Crippen LogP) is -0.542. The normalized spacial score (nSPS) is 31.2. The number of likely N-dealkylation sites (tertiary alicyclic amines) is 1. The van der Waals surface area contributed by atoms with Crippen molar-refractivity contribution in [3.8, 4) is 0 Å². The number of nitrogens with zero attached hydrogens (tertiary/aromatic N) is 1. The molecule has 1 heterocycles. The molecular formula is C12H22N2O3. The molecule has 1 saturated carbocycles. The molecule has 2 fully saturated rings. The van der Waals surface area contributed by atoms with E-state index in [0.29, 0.717) is 6.54 Å². The van der Waals surface area contributed by atoms with Crippen LogP contribution >= 0.6 is 0 Å². The second-order valence-electron chi connectivity index (χ2n) is 5.61. The molecule has 98 valence electrons. The molecule has 1 aliphatic heterocycles. The monoisotopic (exact) mass is 242 g/mol. The highest BCUT2D eigenvalue weighted by Gasteiger charge is 2.52. The molecule has 2 aliphatic rings. The van der Waals surface area contributed by atoms with Crippen LogP contribution in [0.4, 0.5) is 0 Å². The van der Waals surface area contributed by atoms with Gasteiger partial charge in [0.25, 0.3) is 0 Å². The van der Waals surface area contributed by atoms with Gasteiger partial charge in [0.1, 0.15) is 12.0 Å². The summed E-state index contributed by atoms with van der Waals surface area (Å²) in [5.74, 6) is -0.0206. The third kappa shape index (κ3) is 2.68. The van der Waals surface area contributed by atoms with Crippen LogP contribution in [0, 0.1) is 5.41 Å². The van der Waals surface area contributed by atoms with Gasteiger partial charge >= 0.3 is 0 Å². The van der Waals surface area contributed by atoms with E-state index in [-0.39, 0.29) is 23.7 Å². The average molecular weight is 242 g/mol. The summed E-state index contributed by atoms with van der Waals surface area (Å²) in [6.45, 7) is 2.69. The number of piperidine rings is 1. The van der Waals surface area contributed by atoms with Crippen molar-refractivity contribution < 1.29 is 15.0 Å². The van der Waals surface area contributed by atoms with E-state index in [1.54, 1.807) is 4.90 Å². The molecule has 17 heavy (non-hydrogen) atoms. The number of Topliss-reactive ketones (excluding diaryl/α,β-unsaturated/α-hetero) is 1. The van der Waals surface area contributed by atoms with E-state index < -0.39 is 12.3 Å². The van der Waals surface area contributed by atoms with Crippen LogP contribution in [-0.2, 0) is 4.79 Å². The summed E-state index contributed by atoms with van der Waals surface area (Å²) in [5.41, 5.74) is 5.91. The minimum Gasteiger partial charge on any atom is -0.391 e. The van der Waals surface area contributed by atoms with Gasteiger partial charge < -0.3 is 15.9 Å². The second-order valence-corrected chi connectivity index (χ2v) is 5.61. The Morgan fingerprint density at radius 3 is 2.65 bits per heavy atom. The van der Waals surface area contributed by atoms with E-state index in [1.165, 1.54) is 6.92 Å². The topological polar surface area (TPSA) is 86.8 Å². The van der Waals surface area contributed by atoms with Crippen LogP contribution in [0.5, 0.6) is 0 Å². The number of ketones is 1. The van der Waals surface area contributed by atoms with Crippen LogP contribution in [0.1, 0.15) is 32.6 Å². The van der Waals surface area contributed by atoms with E-state index >= 15 is 0 Å². The van der Waals surface area contributed by atoms with Crippen molar-refractivity contribution in [3.05, 3.63) is 0 Å². The molecule has 2 rings (SSSR count). The fourth-order valence-corrected chi connectivity index (χ4v) is 2.73. The fraction of sp³-hybridized carbons (Fsp3) is 0.917. The highest BCUT2D eigenvalue weighted by Crippen LogP contribution is 2.53. The van der Waals surface area contributed by atoms with Gasteiger partial charge in [0.15, 0.2) is 0 Å². The average Bonchev–Trinajstić information content (AvgIpc) is 3.01. The first-order valence-electron chi connectivity index (χ1n) is 6.30. The number of carbonyl (C=O) groups is 1. The molecule has 0 bridgehead atoms. The SMILES string of the molecule is CC(=O)CC(N)C(O)N1CCC2(CC2)[C@H](O)C1. The Kier molecular flexibility index (Phi) is 3.54. The number of nitrogens with two attached hydrogens (primary N) is 1. The van der Waals surface area contributed by atoms with Crippen molar-refractivity contribution >= 4 is 5.78 Å². The van der Waals surface area contributed by atoms with Crippen molar-refractivity contribution in [2.24, 2.45) is 11.1 Å². The first-order chi connectivity index (χ1) is 7.94. The van der Waals surface area contributed by atoms with Crippen LogP contribution in [0.3, 0.4) is 0 Å². The van der Waals surface area contributed by atoms with Gasteiger partial charge in [-0.3, -0.25) is 9.69 Å². The van der Waals surface area contributed by atoms with Crippen molar-refractivity contribution in [2.45, 2.75) is 51.0 Å². The van der Waals surface area contributed by atoms with Crippen LogP contribution < -0.4 is 5.73 Å². The Balaban J connectivity index is 1.88. The zero-order chi connectivity index (χ0) is 12.6. The zero-order valence-electron chi connectivity index (χ0n) is 10.3. The van der Waals surface area contributed by atoms with Crippen LogP contribution in [0.15, 0.2) is 0 Å². The van der Waals surface area contributed by atoms with Gasteiger partial charge in [-0.1, -0.05) is 0 Å². The summed E-state index contributed by atoms with van der Waals surface area (Å²) >= 11 is 0. The third-order valence-corrected chi connectivity index (χ3v) is 4.18. The van der Waals surface area contributed by atoms with Crippen LogP contribution in [0.25, 0.3) is 0 Å². The smallest absolute Gasteiger partial charge is 0.131 e. The van der Waals surface area contributed by atoms with Crippen LogP contribution in [0.2, 0.25) is 0 Å². The molecule has 1 aliphatic carbocycles. The Hall–Kier alpha value is -0.490. The number of hydrogen-bond acceptors (Lipinski definition) is 5. The van der Waals surface area contributed by atoms with E-state index in [2.05, 4.69) is 0 Å². The summed E-state index contributed by atoms with van der Waals surface area (Å²) in [5, 5.41) is 20.1. The lowest BCUT2D eigenvalue weighted by Gasteiger charge is -2.40. The Morgan fingerprint density at radius 1 is 1.53 bits per heavy atom. The van der Waals surface area contributed by atoms with Gasteiger partial charge in [-0.2, -0.15) is 0 Å². The maximum Gasteiger partial charge on any atom is 0.131 e. The number of rotatable bonds is 4. The van der Waals surface area contributed by atoms with Gasteiger partial charge in [-0.05, 0) is 31.6 Å². The summed E-state index contributed by atoms with van der Waals surface area (Å²) < 4.78 is 0. The molecule has 3 atom stereocenters. The number of aliphatic hydroxyl groups is 2. The highest BCUT2D eigenvalue weighted by molar-refractivity contribution is 5.76. The lowest BCUT2D eigenvalue weighted by molar-refractivity contribution is -0.120. The fourth-order valence-electron chi connectivity index (χ4n) is 2.73. The maximum absolute atomic E-state index is 11.0. The Morgan fingerprint density at radius 2 is 2.18 bits per heavy atom. The summed E-state index contributed by atoms with van der Waals surface area (Å²) in [6.07, 6.45) is 2.09. The molecule has 5 nitrogen and oxygen atoms in total. The van der Waals surface area contributed by atoms with Crippen molar-refractivity contribution in [2.75, 3.05) is 13.1 Å². The molecule has 0 amide bonds. The largest absolute Gasteiger partial charge is 0.391 e. The molecule has 0 aromatic carbocycles. The van der Waals surface area contributed by atoms with E-state index in [4.69, 9.17) is 5.73 Å². The standard InChI is InChI=1S/C12H22N2O3/c1-8(15)6-9(13)11(17)14-5-4-12(2-3-12)10(16)7-14/h9-11,16-17H,2-7,13H2,1H3/t9?,10-,11?/m1/s1. The molecular weight excluding hydrogens is 220 g/mol. The first kappa shape index (κ1) is 13.0. The van der Waals surface area contributed by atoms with Crippen molar-refractivity contribution in [1.29, 1.82) is 0 Å². The van der Waals surface area contributed by atoms with E-state index in [1.807, 2.05) is 0 Å². The predicted molar refractivity (Wildman–Crippen MR) is 63.1 cm³/mol. The molecule has 1 saturated heterocycles. The molecule has 0 aromatic heterocycles. The van der Waals surface area contributed by atoms with Gasteiger partial charge in [0.2, 0.25) is 0 Å². The lowest BCUT2D eigenvalue weighted by Crippen LogP contribution is -2.55. The molecule has 2 unspecified atom stereocenters. The van der Waals surface area contributed by atoms with Gasteiger partial charge in [-0.25, -0.2) is 0 Å². The maximum atomic E-state index is 11.0. The van der Waals surface area contributed by atoms with Gasteiger partial charge in [0, 0.05) is 19.5 Å². The molecule has 0 aromatic rings. The van der Waals surface area contributed by atoms with Crippen LogP contribution in [-0.4, -0.2) is 52.4 Å². The highest BCUT2D eigenvalue weighted by atomic mass is 16.3. The Bertz CT molecular complexity index is 304. The summed E-state index contributed by atoms with van der Waals surface area (Å²) in [7, 11) is 0. The van der Waals surface area contributed by atoms with E-state index in [0.717, 1.165) is 25.8 Å². The minimum absolute atomic E-state index is 0.0206. The number of aliphatic hydroxyl groups excluding tert-OH is 2. The Labute approximate surface area is 102 Å². The van der Waals surface area contributed by atoms with Crippen molar-refractivity contribution in [3.63, 3.8) is 0 Å². The minimum atomic E-state index is -0.829. The second kappa shape index (κ2) is 4.65.